The van der Waals surface area contributed by atoms with Crippen molar-refractivity contribution in [2.75, 3.05) is 13.2 Å². The van der Waals surface area contributed by atoms with Crippen molar-refractivity contribution < 1.29 is 28.6 Å². The molecule has 0 aromatic rings. The van der Waals surface area contributed by atoms with Crippen LogP contribution in [0.3, 0.4) is 0 Å². The molecule has 478 valence electrons. The molecule has 0 aromatic heterocycles. The second kappa shape index (κ2) is 70.8. The van der Waals surface area contributed by atoms with Crippen LogP contribution in [-0.2, 0) is 28.6 Å². The average Bonchev–Trinajstić information content (AvgIpc) is 3.49. The number of unbranched alkanes of at least 4 members (excludes halogenated alkanes) is 38. The molecule has 0 aliphatic heterocycles. The van der Waals surface area contributed by atoms with Gasteiger partial charge in [0.15, 0.2) is 6.10 Å². The van der Waals surface area contributed by atoms with Crippen molar-refractivity contribution in [2.45, 2.75) is 361 Å². The van der Waals surface area contributed by atoms with Crippen molar-refractivity contribution in [3.05, 3.63) is 97.2 Å². The Morgan fingerprint density at radius 3 is 0.771 bits per heavy atom. The highest BCUT2D eigenvalue weighted by Gasteiger charge is 2.19. The summed E-state index contributed by atoms with van der Waals surface area (Å²) in [6.45, 7) is 6.50. The predicted molar refractivity (Wildman–Crippen MR) is 362 cm³/mol. The van der Waals surface area contributed by atoms with E-state index in [1.807, 2.05) is 0 Å². The Bertz CT molecular complexity index is 1610. The molecule has 6 heteroatoms. The lowest BCUT2D eigenvalue weighted by molar-refractivity contribution is -0.167. The monoisotopic (exact) mass is 1160 g/mol. The van der Waals surface area contributed by atoms with Gasteiger partial charge >= 0.3 is 17.9 Å². The fourth-order valence-corrected chi connectivity index (χ4v) is 10.2. The van der Waals surface area contributed by atoms with Crippen LogP contribution in [-0.4, -0.2) is 37.2 Å². The third kappa shape index (κ3) is 69.0. The van der Waals surface area contributed by atoms with Gasteiger partial charge in [-0.2, -0.15) is 0 Å². The molecule has 0 fully saturated rings. The zero-order valence-corrected chi connectivity index (χ0v) is 54.9. The summed E-state index contributed by atoms with van der Waals surface area (Å²) < 4.78 is 16.9. The van der Waals surface area contributed by atoms with Crippen LogP contribution in [0.4, 0.5) is 0 Å². The van der Waals surface area contributed by atoms with Crippen molar-refractivity contribution in [3.8, 4) is 0 Å². The summed E-state index contributed by atoms with van der Waals surface area (Å²) in [4.78, 5) is 38.4. The molecule has 1 atom stereocenters. The first-order valence-corrected chi connectivity index (χ1v) is 35.7. The topological polar surface area (TPSA) is 78.9 Å². The molecule has 0 rings (SSSR count). The maximum Gasteiger partial charge on any atom is 0.306 e. The van der Waals surface area contributed by atoms with Crippen LogP contribution in [0.25, 0.3) is 0 Å². The number of hydrogen-bond donors (Lipinski definition) is 0. The highest BCUT2D eigenvalue weighted by molar-refractivity contribution is 5.71. The van der Waals surface area contributed by atoms with E-state index in [1.54, 1.807) is 0 Å². The summed E-state index contributed by atoms with van der Waals surface area (Å²) in [6.07, 6.45) is 96.0. The Morgan fingerprint density at radius 1 is 0.253 bits per heavy atom. The number of rotatable bonds is 65. The van der Waals surface area contributed by atoms with Crippen molar-refractivity contribution in [3.63, 3.8) is 0 Å². The summed E-state index contributed by atoms with van der Waals surface area (Å²) in [5.41, 5.74) is 0. The number of allylic oxidation sites excluding steroid dienone is 16. The Kier molecular flexibility index (Phi) is 67.7. The fourth-order valence-electron chi connectivity index (χ4n) is 10.2. The minimum Gasteiger partial charge on any atom is -0.462 e. The molecule has 0 aliphatic carbocycles. The van der Waals surface area contributed by atoms with Crippen LogP contribution in [0.15, 0.2) is 97.2 Å². The molecule has 0 amide bonds. The van der Waals surface area contributed by atoms with E-state index < -0.39 is 6.10 Å². The molecule has 83 heavy (non-hydrogen) atoms. The average molecular weight is 1160 g/mol. The third-order valence-electron chi connectivity index (χ3n) is 15.5. The highest BCUT2D eigenvalue weighted by Crippen LogP contribution is 2.17. The van der Waals surface area contributed by atoms with Crippen LogP contribution in [0.1, 0.15) is 355 Å². The van der Waals surface area contributed by atoms with Gasteiger partial charge in [-0.15, -0.1) is 0 Å². The first-order chi connectivity index (χ1) is 41.0. The van der Waals surface area contributed by atoms with E-state index in [-0.39, 0.29) is 37.5 Å². The largest absolute Gasteiger partial charge is 0.462 e. The van der Waals surface area contributed by atoms with Gasteiger partial charge in [-0.1, -0.05) is 311 Å². The van der Waals surface area contributed by atoms with E-state index in [0.29, 0.717) is 12.8 Å². The fraction of sp³-hybridized carbons (Fsp3) is 0.753. The minimum absolute atomic E-state index is 0.0909. The summed E-state index contributed by atoms with van der Waals surface area (Å²) in [5, 5.41) is 0. The molecule has 0 aliphatic rings. The van der Waals surface area contributed by atoms with Crippen molar-refractivity contribution in [1.29, 1.82) is 0 Å². The summed E-state index contributed by atoms with van der Waals surface area (Å²) in [5.74, 6) is -0.918. The quantitative estimate of drug-likeness (QED) is 0.0261. The zero-order chi connectivity index (χ0) is 59.9. The van der Waals surface area contributed by atoms with E-state index in [1.165, 1.54) is 205 Å². The SMILES string of the molecule is CC/C=C\C/C=C\C/C=C\C/C=C\C/C=C\CCCCCC(=O)OC(COC(=O)CCCCCCC/C=C\CCCCCC)COC(=O)CCCCCCCCCCCCCCCCCCCCCCC/C=C\C/C=C\CCCCCCC. The van der Waals surface area contributed by atoms with Crippen LogP contribution in [0.2, 0.25) is 0 Å². The standard InChI is InChI=1S/C77H134O6/c1-4-7-10-13-16-19-22-25-27-29-31-32-33-34-35-36-37-38-39-40-41-42-43-44-46-47-49-52-55-58-61-64-67-70-76(79)82-73-74(72-81-75(78)69-66-63-60-57-54-51-24-21-18-15-12-9-6-3)83-77(80)71-68-65-62-59-56-53-50-48-45-30-28-26-23-20-17-14-11-8-5-2/h8,11,17,20-22,24-26,28-29,31,45,48,53,56,74H,4-7,9-10,12-16,18-19,23,27,30,32-44,46-47,49-52,54-55,57-73H2,1-3H3/b11-8-,20-17-,24-21-,25-22-,28-26-,31-29-,48-45-,56-53-. The first kappa shape index (κ1) is 79.3. The maximum atomic E-state index is 12.9. The molecule has 1 unspecified atom stereocenters. The van der Waals surface area contributed by atoms with Gasteiger partial charge in [0.1, 0.15) is 13.2 Å². The Morgan fingerprint density at radius 2 is 0.470 bits per heavy atom. The minimum atomic E-state index is -0.799. The van der Waals surface area contributed by atoms with Gasteiger partial charge in [0.2, 0.25) is 0 Å². The number of carbonyl (C=O) groups is 3. The van der Waals surface area contributed by atoms with Gasteiger partial charge in [-0.25, -0.2) is 0 Å². The Balaban J connectivity index is 4.20. The molecular weight excluding hydrogens is 1020 g/mol. The molecule has 0 heterocycles. The van der Waals surface area contributed by atoms with Gasteiger partial charge in [-0.3, -0.25) is 14.4 Å². The van der Waals surface area contributed by atoms with E-state index in [4.69, 9.17) is 14.2 Å². The number of hydrogen-bond acceptors (Lipinski definition) is 6. The Labute approximate surface area is 515 Å². The third-order valence-corrected chi connectivity index (χ3v) is 15.5. The maximum absolute atomic E-state index is 12.9. The zero-order valence-electron chi connectivity index (χ0n) is 54.9. The summed E-state index contributed by atoms with van der Waals surface area (Å²) in [7, 11) is 0. The van der Waals surface area contributed by atoms with E-state index in [0.717, 1.165) is 109 Å². The van der Waals surface area contributed by atoms with Crippen molar-refractivity contribution >= 4 is 17.9 Å². The van der Waals surface area contributed by atoms with E-state index in [2.05, 4.69) is 118 Å². The van der Waals surface area contributed by atoms with Crippen LogP contribution >= 0.6 is 0 Å². The lowest BCUT2D eigenvalue weighted by Gasteiger charge is -2.18. The molecule has 0 saturated carbocycles. The van der Waals surface area contributed by atoms with Gasteiger partial charge < -0.3 is 14.2 Å². The molecule has 6 nitrogen and oxygen atoms in total. The molecule has 0 bridgehead atoms. The van der Waals surface area contributed by atoms with E-state index in [9.17, 15) is 14.4 Å². The number of esters is 3. The smallest absolute Gasteiger partial charge is 0.306 e. The number of carbonyl (C=O) groups excluding carboxylic acids is 3. The van der Waals surface area contributed by atoms with Crippen LogP contribution in [0, 0.1) is 0 Å². The van der Waals surface area contributed by atoms with Crippen LogP contribution < -0.4 is 0 Å². The van der Waals surface area contributed by atoms with Crippen molar-refractivity contribution in [2.24, 2.45) is 0 Å². The summed E-state index contributed by atoms with van der Waals surface area (Å²) >= 11 is 0. The first-order valence-electron chi connectivity index (χ1n) is 35.7. The highest BCUT2D eigenvalue weighted by atomic mass is 16.6. The number of ether oxygens (including phenoxy) is 3. The second-order valence-corrected chi connectivity index (χ2v) is 23.8. The molecule has 0 radical (unpaired) electrons. The molecular formula is C77H134O6. The summed E-state index contributed by atoms with van der Waals surface area (Å²) in [6, 6.07) is 0. The predicted octanol–water partition coefficient (Wildman–Crippen LogP) is 24.8. The molecule has 0 aromatic carbocycles. The molecule has 0 saturated heterocycles. The van der Waals surface area contributed by atoms with E-state index >= 15 is 0 Å². The van der Waals surface area contributed by atoms with Gasteiger partial charge in [0.05, 0.1) is 0 Å². The van der Waals surface area contributed by atoms with Gasteiger partial charge in [0.25, 0.3) is 0 Å². The van der Waals surface area contributed by atoms with Gasteiger partial charge in [-0.05, 0) is 122 Å². The normalized spacial score (nSPS) is 12.7. The lowest BCUT2D eigenvalue weighted by Crippen LogP contribution is -2.30. The van der Waals surface area contributed by atoms with Crippen LogP contribution in [0.5, 0.6) is 0 Å². The molecule has 0 spiro atoms. The van der Waals surface area contributed by atoms with Gasteiger partial charge in [0, 0.05) is 19.3 Å². The molecule has 0 N–H and O–H groups in total. The second-order valence-electron chi connectivity index (χ2n) is 23.8. The van der Waals surface area contributed by atoms with Crippen molar-refractivity contribution in [1.82, 2.24) is 0 Å². The lowest BCUT2D eigenvalue weighted by atomic mass is 10.0. The Hall–Kier alpha value is -3.67.